The average Bonchev–Trinajstić information content (AvgIpc) is 2.33. The minimum Gasteiger partial charge on any atom is -0.314 e. The van der Waals surface area contributed by atoms with Gasteiger partial charge in [0.1, 0.15) is 0 Å². The lowest BCUT2D eigenvalue weighted by Gasteiger charge is -2.27. The van der Waals surface area contributed by atoms with Gasteiger partial charge in [0.2, 0.25) is 0 Å². The Hall–Kier alpha value is -1.30. The molecule has 1 heterocycles. The number of piperazine rings is 1. The summed E-state index contributed by atoms with van der Waals surface area (Å²) in [6, 6.07) is 10.7. The summed E-state index contributed by atoms with van der Waals surface area (Å²) in [7, 11) is 0. The van der Waals surface area contributed by atoms with Crippen molar-refractivity contribution in [1.29, 1.82) is 0 Å². The van der Waals surface area contributed by atoms with Crippen molar-refractivity contribution < 1.29 is 0 Å². The van der Waals surface area contributed by atoms with Crippen LogP contribution in [0.5, 0.6) is 0 Å². The summed E-state index contributed by atoms with van der Waals surface area (Å²) in [4.78, 5) is 2.49. The van der Waals surface area contributed by atoms with Gasteiger partial charge in [-0.2, -0.15) is 0 Å². The van der Waals surface area contributed by atoms with Crippen LogP contribution in [-0.4, -0.2) is 31.1 Å². The fourth-order valence-electron chi connectivity index (χ4n) is 1.71. The fourth-order valence-corrected chi connectivity index (χ4v) is 1.71. The first-order valence-corrected chi connectivity index (χ1v) is 5.71. The molecule has 86 valence electrons. The molecule has 16 heavy (non-hydrogen) atoms. The SMILES string of the molecule is C#CC.c1ccc(CN2CCNCC2)cc1. The highest BCUT2D eigenvalue weighted by Crippen LogP contribution is 2.04. The van der Waals surface area contributed by atoms with Crippen LogP contribution in [0.4, 0.5) is 0 Å². The number of terminal acetylenes is 1. The van der Waals surface area contributed by atoms with Crippen molar-refractivity contribution in [3.05, 3.63) is 35.9 Å². The highest BCUT2D eigenvalue weighted by Gasteiger charge is 2.08. The quantitative estimate of drug-likeness (QED) is 0.757. The molecule has 2 nitrogen and oxygen atoms in total. The molecule has 2 rings (SSSR count). The standard InChI is InChI=1S/C11H16N2.C3H4/c1-2-4-11(5-3-1)10-13-8-6-12-7-9-13;1-3-2/h1-5,12H,6-10H2;1H,2H3. The molecule has 0 saturated carbocycles. The van der Waals surface area contributed by atoms with Crippen LogP contribution in [0.25, 0.3) is 0 Å². The van der Waals surface area contributed by atoms with Crippen LogP contribution in [0.1, 0.15) is 12.5 Å². The lowest BCUT2D eigenvalue weighted by atomic mass is 10.2. The summed E-state index contributed by atoms with van der Waals surface area (Å²) in [5.74, 6) is 2.25. The van der Waals surface area contributed by atoms with E-state index in [1.54, 1.807) is 6.92 Å². The molecule has 0 bridgehead atoms. The lowest BCUT2D eigenvalue weighted by molar-refractivity contribution is 0.233. The third kappa shape index (κ3) is 4.97. The summed E-state index contributed by atoms with van der Waals surface area (Å²) in [6.07, 6.45) is 4.60. The maximum absolute atomic E-state index is 4.60. The molecule has 0 aromatic heterocycles. The van der Waals surface area contributed by atoms with Gasteiger partial charge in [-0.25, -0.2) is 0 Å². The van der Waals surface area contributed by atoms with E-state index in [-0.39, 0.29) is 0 Å². The van der Waals surface area contributed by atoms with Gasteiger partial charge in [0.25, 0.3) is 0 Å². The van der Waals surface area contributed by atoms with E-state index in [1.807, 2.05) is 0 Å². The Morgan fingerprint density at radius 2 is 1.81 bits per heavy atom. The Morgan fingerprint density at radius 1 is 1.25 bits per heavy atom. The molecule has 1 aliphatic rings. The zero-order chi connectivity index (χ0) is 11.6. The van der Waals surface area contributed by atoms with Crippen LogP contribution in [-0.2, 0) is 6.54 Å². The molecule has 1 saturated heterocycles. The molecule has 0 spiro atoms. The van der Waals surface area contributed by atoms with Gasteiger partial charge in [-0.1, -0.05) is 30.3 Å². The highest BCUT2D eigenvalue weighted by atomic mass is 15.2. The maximum Gasteiger partial charge on any atom is 0.0234 e. The molecule has 1 fully saturated rings. The van der Waals surface area contributed by atoms with Crippen molar-refractivity contribution in [2.45, 2.75) is 13.5 Å². The van der Waals surface area contributed by atoms with E-state index in [1.165, 1.54) is 18.7 Å². The Labute approximate surface area is 98.7 Å². The summed E-state index contributed by atoms with van der Waals surface area (Å²) in [5.41, 5.74) is 1.42. The van der Waals surface area contributed by atoms with Gasteiger partial charge in [0.15, 0.2) is 0 Å². The van der Waals surface area contributed by atoms with E-state index < -0.39 is 0 Å². The third-order valence-corrected chi connectivity index (χ3v) is 2.46. The summed E-state index contributed by atoms with van der Waals surface area (Å²) in [5, 5.41) is 3.36. The fraction of sp³-hybridized carbons (Fsp3) is 0.429. The summed E-state index contributed by atoms with van der Waals surface area (Å²) >= 11 is 0. The van der Waals surface area contributed by atoms with E-state index in [9.17, 15) is 0 Å². The predicted octanol–water partition coefficient (Wildman–Crippen LogP) is 1.73. The van der Waals surface area contributed by atoms with Crippen molar-refractivity contribution in [2.24, 2.45) is 0 Å². The topological polar surface area (TPSA) is 15.3 Å². The number of hydrogen-bond donors (Lipinski definition) is 1. The van der Waals surface area contributed by atoms with E-state index in [0.717, 1.165) is 19.6 Å². The van der Waals surface area contributed by atoms with Crippen molar-refractivity contribution >= 4 is 0 Å². The number of rotatable bonds is 2. The molecule has 1 N–H and O–H groups in total. The third-order valence-electron chi connectivity index (χ3n) is 2.46. The van der Waals surface area contributed by atoms with Gasteiger partial charge in [-0.3, -0.25) is 4.90 Å². The molecule has 0 atom stereocenters. The highest BCUT2D eigenvalue weighted by molar-refractivity contribution is 5.14. The number of nitrogens with zero attached hydrogens (tertiary/aromatic N) is 1. The molecule has 0 aliphatic carbocycles. The molecular weight excluding hydrogens is 196 g/mol. The summed E-state index contributed by atoms with van der Waals surface area (Å²) < 4.78 is 0. The average molecular weight is 216 g/mol. The molecule has 0 radical (unpaired) electrons. The molecule has 0 unspecified atom stereocenters. The zero-order valence-corrected chi connectivity index (χ0v) is 9.95. The molecule has 1 aromatic rings. The van der Waals surface area contributed by atoms with Gasteiger partial charge in [0, 0.05) is 32.7 Å². The number of nitrogens with one attached hydrogen (secondary N) is 1. The number of benzene rings is 1. The molecule has 1 aromatic carbocycles. The molecule has 0 amide bonds. The second-order valence-electron chi connectivity index (χ2n) is 3.80. The first kappa shape index (κ1) is 12.8. The Morgan fingerprint density at radius 3 is 2.38 bits per heavy atom. The van der Waals surface area contributed by atoms with Crippen molar-refractivity contribution in [1.82, 2.24) is 10.2 Å². The zero-order valence-electron chi connectivity index (χ0n) is 9.95. The largest absolute Gasteiger partial charge is 0.314 e. The van der Waals surface area contributed by atoms with Crippen molar-refractivity contribution in [2.75, 3.05) is 26.2 Å². The van der Waals surface area contributed by atoms with E-state index in [0.29, 0.717) is 0 Å². The van der Waals surface area contributed by atoms with Crippen molar-refractivity contribution in [3.63, 3.8) is 0 Å². The molecule has 1 aliphatic heterocycles. The Bertz CT molecular complexity index is 307. The number of hydrogen-bond acceptors (Lipinski definition) is 2. The summed E-state index contributed by atoms with van der Waals surface area (Å²) in [6.45, 7) is 7.37. The van der Waals surface area contributed by atoms with Crippen molar-refractivity contribution in [3.8, 4) is 12.3 Å². The van der Waals surface area contributed by atoms with Gasteiger partial charge < -0.3 is 5.32 Å². The predicted molar refractivity (Wildman–Crippen MR) is 69.1 cm³/mol. The van der Waals surface area contributed by atoms with Crippen LogP contribution in [0, 0.1) is 12.3 Å². The second-order valence-corrected chi connectivity index (χ2v) is 3.80. The first-order chi connectivity index (χ1) is 7.86. The van der Waals surface area contributed by atoms with E-state index in [2.05, 4.69) is 52.9 Å². The monoisotopic (exact) mass is 216 g/mol. The van der Waals surface area contributed by atoms with Crippen LogP contribution in [0.15, 0.2) is 30.3 Å². The normalized spacial score (nSPS) is 15.8. The maximum atomic E-state index is 4.60. The first-order valence-electron chi connectivity index (χ1n) is 5.71. The van der Waals surface area contributed by atoms with E-state index >= 15 is 0 Å². The van der Waals surface area contributed by atoms with Gasteiger partial charge in [0.05, 0.1) is 0 Å². The molecular formula is C14H20N2. The Kier molecular flexibility index (Phi) is 6.32. The van der Waals surface area contributed by atoms with Gasteiger partial charge >= 0.3 is 0 Å². The van der Waals surface area contributed by atoms with Crippen LogP contribution < -0.4 is 5.32 Å². The Balaban J connectivity index is 0.000000386. The minimum absolute atomic E-state index is 1.10. The van der Waals surface area contributed by atoms with Crippen LogP contribution in [0.2, 0.25) is 0 Å². The van der Waals surface area contributed by atoms with Gasteiger partial charge in [-0.05, 0) is 12.5 Å². The van der Waals surface area contributed by atoms with Crippen LogP contribution in [0.3, 0.4) is 0 Å². The minimum atomic E-state index is 1.10. The molecule has 2 heteroatoms. The van der Waals surface area contributed by atoms with Gasteiger partial charge in [-0.15, -0.1) is 12.3 Å². The lowest BCUT2D eigenvalue weighted by Crippen LogP contribution is -2.42. The smallest absolute Gasteiger partial charge is 0.0234 e. The van der Waals surface area contributed by atoms with Crippen LogP contribution >= 0.6 is 0 Å². The second kappa shape index (κ2) is 7.92. The van der Waals surface area contributed by atoms with E-state index in [4.69, 9.17) is 0 Å².